The average molecular weight is 1230 g/mol. The van der Waals surface area contributed by atoms with Gasteiger partial charge in [-0.15, -0.1) is 0 Å². The molecule has 12 rings (SSSR count). The van der Waals surface area contributed by atoms with Crippen molar-refractivity contribution in [3.63, 3.8) is 0 Å². The molecule has 0 radical (unpaired) electrons. The SMILES string of the molecule is COCCOCCOCCOC1=CC=C(n2c3ccccc3c3cc(N(c4ccc5c(c4)c4ccccc4n5-c4ccc(OCCOCCOCCOC)cc4)c4ccc5c(c4)c4ccccc4n5-c4ccc(OCCOCCOCCOC)cc4)ccc32)CC1. The van der Waals surface area contributed by atoms with Crippen LogP contribution in [0.5, 0.6) is 11.5 Å². The Morgan fingerprint density at radius 3 is 1.00 bits per heavy atom. The normalized spacial score (nSPS) is 12.7. The van der Waals surface area contributed by atoms with Crippen LogP contribution < -0.4 is 14.4 Å². The van der Waals surface area contributed by atoms with Gasteiger partial charge in [0.1, 0.15) is 31.3 Å². The lowest BCUT2D eigenvalue weighted by atomic mass is 10.1. The monoisotopic (exact) mass is 1230 g/mol. The van der Waals surface area contributed by atoms with Crippen LogP contribution in [-0.2, 0) is 47.4 Å². The summed E-state index contributed by atoms with van der Waals surface area (Å²) in [6, 6.07) is 63.4. The van der Waals surface area contributed by atoms with E-state index in [9.17, 15) is 0 Å². The van der Waals surface area contributed by atoms with Gasteiger partial charge in [-0.1, -0.05) is 54.6 Å². The number of rotatable bonds is 36. The maximum Gasteiger partial charge on any atom is 0.119 e. The van der Waals surface area contributed by atoms with Crippen molar-refractivity contribution >= 4 is 88.2 Å². The first-order valence-electron chi connectivity index (χ1n) is 31.4. The van der Waals surface area contributed by atoms with Gasteiger partial charge in [-0.05, 0) is 140 Å². The molecule has 91 heavy (non-hydrogen) atoms. The first-order valence-corrected chi connectivity index (χ1v) is 31.4. The Morgan fingerprint density at radius 1 is 0.297 bits per heavy atom. The van der Waals surface area contributed by atoms with Gasteiger partial charge in [0.05, 0.1) is 138 Å². The van der Waals surface area contributed by atoms with Crippen molar-refractivity contribution in [3.8, 4) is 22.9 Å². The molecule has 0 spiro atoms. The summed E-state index contributed by atoms with van der Waals surface area (Å²) in [5.41, 5.74) is 13.1. The Morgan fingerprint density at radius 2 is 0.626 bits per heavy atom. The van der Waals surface area contributed by atoms with E-state index in [1.54, 1.807) is 21.3 Å². The third-order valence-electron chi connectivity index (χ3n) is 16.2. The minimum Gasteiger partial charge on any atom is -0.496 e. The number of nitrogens with zero attached hydrogens (tertiary/aromatic N) is 4. The van der Waals surface area contributed by atoms with Crippen molar-refractivity contribution in [1.29, 1.82) is 0 Å². The van der Waals surface area contributed by atoms with Crippen LogP contribution in [0.4, 0.5) is 17.1 Å². The number of benzene rings is 8. The molecule has 0 fully saturated rings. The molecule has 0 aliphatic heterocycles. The highest BCUT2D eigenvalue weighted by atomic mass is 16.6. The summed E-state index contributed by atoms with van der Waals surface area (Å²) in [7, 11) is 5.00. The molecule has 0 bridgehead atoms. The van der Waals surface area contributed by atoms with E-state index in [0.29, 0.717) is 119 Å². The van der Waals surface area contributed by atoms with E-state index in [-0.39, 0.29) is 0 Å². The molecular weight excluding hydrogens is 1150 g/mol. The Hall–Kier alpha value is -8.52. The molecule has 16 heteroatoms. The molecule has 0 saturated carbocycles. The predicted octanol–water partition coefficient (Wildman–Crippen LogP) is 14.8. The van der Waals surface area contributed by atoms with E-state index in [4.69, 9.17) is 56.8 Å². The number of hydrogen-bond donors (Lipinski definition) is 0. The molecule has 8 aromatic carbocycles. The third kappa shape index (κ3) is 14.8. The van der Waals surface area contributed by atoms with Crippen molar-refractivity contribution < 1.29 is 56.8 Å². The third-order valence-corrected chi connectivity index (χ3v) is 16.2. The number of anilines is 3. The molecule has 472 valence electrons. The Labute approximate surface area is 531 Å². The zero-order valence-corrected chi connectivity index (χ0v) is 52.2. The van der Waals surface area contributed by atoms with E-state index in [1.165, 1.54) is 11.1 Å². The van der Waals surface area contributed by atoms with Crippen LogP contribution in [0, 0.1) is 0 Å². The first kappa shape index (κ1) is 62.7. The molecule has 0 saturated heterocycles. The average Bonchev–Trinajstić information content (AvgIpc) is 1.69. The second kappa shape index (κ2) is 31.5. The van der Waals surface area contributed by atoms with Gasteiger partial charge in [-0.2, -0.15) is 0 Å². The van der Waals surface area contributed by atoms with Gasteiger partial charge in [0.25, 0.3) is 0 Å². The Bertz CT molecular complexity index is 4040. The topological polar surface area (TPSA) is 129 Å². The predicted molar refractivity (Wildman–Crippen MR) is 362 cm³/mol. The minimum atomic E-state index is 0.434. The maximum absolute atomic E-state index is 6.20. The van der Waals surface area contributed by atoms with E-state index < -0.39 is 0 Å². The van der Waals surface area contributed by atoms with Crippen LogP contribution in [-0.4, -0.2) is 154 Å². The van der Waals surface area contributed by atoms with Crippen LogP contribution in [0.2, 0.25) is 0 Å². The van der Waals surface area contributed by atoms with E-state index in [2.05, 4.69) is 182 Å². The number of hydrogen-bond acceptors (Lipinski definition) is 13. The zero-order chi connectivity index (χ0) is 62.0. The fourth-order valence-electron chi connectivity index (χ4n) is 12.0. The lowest BCUT2D eigenvalue weighted by molar-refractivity contribution is 0.0115. The van der Waals surface area contributed by atoms with E-state index in [0.717, 1.165) is 119 Å². The van der Waals surface area contributed by atoms with Gasteiger partial charge in [-0.3, -0.25) is 0 Å². The highest BCUT2D eigenvalue weighted by molar-refractivity contribution is 6.14. The van der Waals surface area contributed by atoms with Gasteiger partial charge >= 0.3 is 0 Å². The van der Waals surface area contributed by atoms with Crippen molar-refractivity contribution in [1.82, 2.24) is 13.7 Å². The number of aromatic nitrogens is 3. The summed E-state index contributed by atoms with van der Waals surface area (Å²) >= 11 is 0. The van der Waals surface area contributed by atoms with Gasteiger partial charge in [-0.25, -0.2) is 0 Å². The highest BCUT2D eigenvalue weighted by Gasteiger charge is 2.23. The second-order valence-corrected chi connectivity index (χ2v) is 22.0. The van der Waals surface area contributed by atoms with Crippen molar-refractivity contribution in [2.75, 3.05) is 145 Å². The Balaban J connectivity index is 0.877. The summed E-state index contributed by atoms with van der Waals surface area (Å²) in [5, 5.41) is 6.92. The summed E-state index contributed by atoms with van der Waals surface area (Å²) in [4.78, 5) is 2.42. The van der Waals surface area contributed by atoms with E-state index in [1.807, 2.05) is 24.3 Å². The smallest absolute Gasteiger partial charge is 0.119 e. The number of allylic oxidation sites excluding steroid dienone is 4. The lowest BCUT2D eigenvalue weighted by Gasteiger charge is -2.26. The zero-order valence-electron chi connectivity index (χ0n) is 52.2. The first-order chi connectivity index (χ1) is 45.1. The fraction of sp³-hybridized carbons (Fsp3) is 0.307. The van der Waals surface area contributed by atoms with Gasteiger partial charge in [0, 0.05) is 94.2 Å². The standard InChI is InChI=1S/C75H80N4O12/c1-80-34-37-83-40-43-86-46-49-89-61-25-16-55(17-26-61)77-70-13-7-4-10-64(70)67-52-58(22-31-73(67)77)76(59-23-32-74-68(53-59)65-11-5-8-14-71(65)78(74)56-18-27-62(28-19-56)90-50-47-87-44-41-84-38-35-81-2)60-24-33-75-69(54-60)66-12-6-9-15-72(66)79(75)57-20-29-63(30-21-57)91-51-48-88-45-42-85-39-36-82-3/h4-20,22-29,31-33,52-54H,21,30,34-51H2,1-3H3. The van der Waals surface area contributed by atoms with Crippen LogP contribution >= 0.6 is 0 Å². The summed E-state index contributed by atoms with van der Waals surface area (Å²) < 4.78 is 74.5. The molecule has 0 amide bonds. The highest BCUT2D eigenvalue weighted by Crippen LogP contribution is 2.45. The van der Waals surface area contributed by atoms with Gasteiger partial charge < -0.3 is 75.4 Å². The second-order valence-electron chi connectivity index (χ2n) is 22.0. The van der Waals surface area contributed by atoms with Crippen LogP contribution in [0.15, 0.2) is 194 Å². The molecule has 11 aromatic rings. The number of methoxy groups -OCH3 is 3. The molecule has 0 unspecified atom stereocenters. The largest absolute Gasteiger partial charge is 0.496 e. The van der Waals surface area contributed by atoms with Crippen LogP contribution in [0.1, 0.15) is 12.8 Å². The number of para-hydroxylation sites is 3. The summed E-state index contributed by atoms with van der Waals surface area (Å²) in [6.07, 6.45) is 5.93. The fourth-order valence-corrected chi connectivity index (χ4v) is 12.0. The maximum atomic E-state index is 6.20. The molecule has 3 heterocycles. The molecule has 0 N–H and O–H groups in total. The van der Waals surface area contributed by atoms with Gasteiger partial charge in [0.2, 0.25) is 0 Å². The minimum absolute atomic E-state index is 0.434. The van der Waals surface area contributed by atoms with Crippen LogP contribution in [0.3, 0.4) is 0 Å². The molecule has 1 aliphatic rings. The summed E-state index contributed by atoms with van der Waals surface area (Å²) in [5.74, 6) is 2.51. The number of ether oxygens (including phenoxy) is 12. The van der Waals surface area contributed by atoms with Crippen LogP contribution in [0.25, 0.3) is 82.5 Å². The molecule has 16 nitrogen and oxygen atoms in total. The molecule has 0 atom stereocenters. The quantitative estimate of drug-likeness (QED) is 0.0346. The molecule has 3 aromatic heterocycles. The summed E-state index contributed by atoms with van der Waals surface area (Å²) in [6.45, 7) is 9.22. The van der Waals surface area contributed by atoms with Crippen molar-refractivity contribution in [2.24, 2.45) is 0 Å². The van der Waals surface area contributed by atoms with E-state index >= 15 is 0 Å². The Kier molecular flexibility index (Phi) is 21.7. The van der Waals surface area contributed by atoms with Crippen molar-refractivity contribution in [3.05, 3.63) is 194 Å². The van der Waals surface area contributed by atoms with Gasteiger partial charge in [0.15, 0.2) is 0 Å². The molecule has 1 aliphatic carbocycles. The lowest BCUT2D eigenvalue weighted by Crippen LogP contribution is -2.12. The molecular formula is C75H80N4O12. The van der Waals surface area contributed by atoms with Crippen molar-refractivity contribution in [2.45, 2.75) is 12.8 Å². The number of fused-ring (bicyclic) bond motifs is 9.